The zero-order valence-electron chi connectivity index (χ0n) is 14.4. The highest BCUT2D eigenvalue weighted by molar-refractivity contribution is 5.49. The lowest BCUT2D eigenvalue weighted by Crippen LogP contribution is -2.98. The van der Waals surface area contributed by atoms with Crippen molar-refractivity contribution in [1.29, 1.82) is 0 Å². The molecule has 3 heteroatoms. The molecule has 0 radical (unpaired) electrons. The minimum Gasteiger partial charge on any atom is -0.493 e. The molecule has 2 aliphatic rings. The third-order valence-electron chi connectivity index (χ3n) is 5.44. The molecule has 1 fully saturated rings. The Morgan fingerprint density at radius 3 is 2.27 bits per heavy atom. The van der Waals surface area contributed by atoms with Crippen LogP contribution in [0.4, 0.5) is 0 Å². The van der Waals surface area contributed by atoms with E-state index in [1.165, 1.54) is 43.2 Å². The fraction of sp³-hybridized carbons (Fsp3) is 0.684. The van der Waals surface area contributed by atoms with Gasteiger partial charge in [0.2, 0.25) is 0 Å². The summed E-state index contributed by atoms with van der Waals surface area (Å²) in [6, 6.07) is 5.01. The minimum atomic E-state index is 0.259. The largest absolute Gasteiger partial charge is 0.493 e. The summed E-state index contributed by atoms with van der Waals surface area (Å²) in [5.41, 5.74) is 3.18. The van der Waals surface area contributed by atoms with Gasteiger partial charge in [-0.15, -0.1) is 0 Å². The number of fused-ring (bicyclic) bond motifs is 1. The Morgan fingerprint density at radius 2 is 1.64 bits per heavy atom. The van der Waals surface area contributed by atoms with Crippen molar-refractivity contribution in [2.24, 2.45) is 5.92 Å². The molecule has 0 spiro atoms. The third-order valence-corrected chi connectivity index (χ3v) is 5.44. The first-order valence-electron chi connectivity index (χ1n) is 8.65. The Morgan fingerprint density at radius 1 is 1.00 bits per heavy atom. The summed E-state index contributed by atoms with van der Waals surface area (Å²) in [5.74, 6) is 2.53. The van der Waals surface area contributed by atoms with Gasteiger partial charge in [-0.3, -0.25) is 0 Å². The van der Waals surface area contributed by atoms with Crippen LogP contribution < -0.4 is 14.8 Å². The van der Waals surface area contributed by atoms with E-state index in [4.69, 9.17) is 9.47 Å². The van der Waals surface area contributed by atoms with Crippen molar-refractivity contribution in [2.75, 3.05) is 14.2 Å². The minimum absolute atomic E-state index is 0.259. The Kier molecular flexibility index (Phi) is 4.35. The van der Waals surface area contributed by atoms with Crippen LogP contribution >= 0.6 is 0 Å². The molecular formula is C19H30NO2+. The number of hydrogen-bond acceptors (Lipinski definition) is 2. The third kappa shape index (κ3) is 2.96. The quantitative estimate of drug-likeness (QED) is 0.930. The molecule has 0 bridgehead atoms. The number of methoxy groups -OCH3 is 2. The Balaban J connectivity index is 2.02. The predicted octanol–water partition coefficient (Wildman–Crippen LogP) is 3.22. The Hall–Kier alpha value is -1.22. The molecule has 1 aromatic carbocycles. The fourth-order valence-corrected chi connectivity index (χ4v) is 4.41. The number of nitrogens with two attached hydrogens (primary N) is 1. The van der Waals surface area contributed by atoms with Crippen molar-refractivity contribution in [3.8, 4) is 11.5 Å². The van der Waals surface area contributed by atoms with E-state index < -0.39 is 0 Å². The zero-order chi connectivity index (χ0) is 15.7. The SMILES string of the molecule is COc1cc2c(cc1OC)C(C1CCCCC1)[NH2+]C(C)(C)C2. The van der Waals surface area contributed by atoms with Crippen LogP contribution in [0.2, 0.25) is 0 Å². The van der Waals surface area contributed by atoms with Crippen molar-refractivity contribution in [3.63, 3.8) is 0 Å². The molecule has 2 N–H and O–H groups in total. The van der Waals surface area contributed by atoms with Crippen LogP contribution in [0.1, 0.15) is 63.1 Å². The van der Waals surface area contributed by atoms with Crippen molar-refractivity contribution in [1.82, 2.24) is 0 Å². The summed E-state index contributed by atoms with van der Waals surface area (Å²) in [4.78, 5) is 0. The van der Waals surface area contributed by atoms with E-state index in [9.17, 15) is 0 Å². The van der Waals surface area contributed by atoms with Gasteiger partial charge < -0.3 is 14.8 Å². The first kappa shape index (κ1) is 15.7. The number of hydrogen-bond donors (Lipinski definition) is 1. The molecule has 3 rings (SSSR count). The maximum Gasteiger partial charge on any atom is 0.161 e. The lowest BCUT2D eigenvalue weighted by molar-refractivity contribution is -0.766. The molecule has 22 heavy (non-hydrogen) atoms. The van der Waals surface area contributed by atoms with Crippen LogP contribution in [0.25, 0.3) is 0 Å². The van der Waals surface area contributed by atoms with E-state index in [0.717, 1.165) is 23.8 Å². The molecule has 0 amide bonds. The van der Waals surface area contributed by atoms with Crippen LogP contribution in [0, 0.1) is 5.92 Å². The highest BCUT2D eigenvalue weighted by atomic mass is 16.5. The van der Waals surface area contributed by atoms with Crippen molar-refractivity contribution < 1.29 is 14.8 Å². The molecule has 1 aliphatic carbocycles. The molecule has 1 saturated carbocycles. The van der Waals surface area contributed by atoms with Gasteiger partial charge in [-0.2, -0.15) is 0 Å². The molecule has 1 aromatic rings. The van der Waals surface area contributed by atoms with Gasteiger partial charge in [0.25, 0.3) is 0 Å². The molecule has 3 nitrogen and oxygen atoms in total. The maximum atomic E-state index is 5.55. The average molecular weight is 304 g/mol. The van der Waals surface area contributed by atoms with E-state index in [0.29, 0.717) is 6.04 Å². The molecule has 1 aliphatic heterocycles. The van der Waals surface area contributed by atoms with Crippen molar-refractivity contribution in [3.05, 3.63) is 23.3 Å². The van der Waals surface area contributed by atoms with E-state index >= 15 is 0 Å². The van der Waals surface area contributed by atoms with E-state index in [1.54, 1.807) is 14.2 Å². The van der Waals surface area contributed by atoms with Crippen LogP contribution in [-0.4, -0.2) is 19.8 Å². The van der Waals surface area contributed by atoms with Gasteiger partial charge in [-0.25, -0.2) is 0 Å². The number of quaternary nitrogens is 1. The summed E-state index contributed by atoms with van der Waals surface area (Å²) in [6.45, 7) is 4.73. The molecule has 1 unspecified atom stereocenters. The monoisotopic (exact) mass is 304 g/mol. The highest BCUT2D eigenvalue weighted by Crippen LogP contribution is 2.41. The fourth-order valence-electron chi connectivity index (χ4n) is 4.41. The summed E-state index contributed by atoms with van der Waals surface area (Å²) in [6.07, 6.45) is 8.00. The van der Waals surface area contributed by atoms with E-state index in [2.05, 4.69) is 31.3 Å². The normalized spacial score (nSPS) is 24.6. The standard InChI is InChI=1S/C19H29NO2/c1-19(2)12-14-10-16(21-3)17(22-4)11-15(14)18(20-19)13-8-6-5-7-9-13/h10-11,13,18,20H,5-9,12H2,1-4H3/p+1. The first-order chi connectivity index (χ1) is 10.5. The van der Waals surface area contributed by atoms with Crippen molar-refractivity contribution >= 4 is 0 Å². The van der Waals surface area contributed by atoms with Gasteiger partial charge in [-0.1, -0.05) is 19.3 Å². The summed E-state index contributed by atoms with van der Waals surface area (Å²) in [7, 11) is 3.46. The second kappa shape index (κ2) is 6.11. The zero-order valence-corrected chi connectivity index (χ0v) is 14.4. The van der Waals surface area contributed by atoms with Gasteiger partial charge in [0.1, 0.15) is 6.04 Å². The van der Waals surface area contributed by atoms with Gasteiger partial charge in [0.15, 0.2) is 11.5 Å². The maximum absolute atomic E-state index is 5.55. The van der Waals surface area contributed by atoms with Gasteiger partial charge >= 0.3 is 0 Å². The van der Waals surface area contributed by atoms with Crippen LogP contribution in [-0.2, 0) is 6.42 Å². The number of ether oxygens (including phenoxy) is 2. The average Bonchev–Trinajstić information content (AvgIpc) is 2.53. The molecule has 0 aromatic heterocycles. The highest BCUT2D eigenvalue weighted by Gasteiger charge is 2.40. The van der Waals surface area contributed by atoms with Crippen molar-refractivity contribution in [2.45, 2.75) is 64.0 Å². The molecule has 0 saturated heterocycles. The van der Waals surface area contributed by atoms with E-state index in [1.807, 2.05) is 0 Å². The number of rotatable bonds is 3. The second-order valence-electron chi connectivity index (χ2n) is 7.66. The predicted molar refractivity (Wildman–Crippen MR) is 88.6 cm³/mol. The molecule has 122 valence electrons. The van der Waals surface area contributed by atoms with E-state index in [-0.39, 0.29) is 5.54 Å². The number of benzene rings is 1. The molecule has 1 atom stereocenters. The lowest BCUT2D eigenvalue weighted by atomic mass is 9.74. The summed E-state index contributed by atoms with van der Waals surface area (Å²) < 4.78 is 11.1. The first-order valence-corrected chi connectivity index (χ1v) is 8.65. The summed E-state index contributed by atoms with van der Waals surface area (Å²) >= 11 is 0. The summed E-state index contributed by atoms with van der Waals surface area (Å²) in [5, 5.41) is 2.61. The van der Waals surface area contributed by atoms with Crippen LogP contribution in [0.15, 0.2) is 12.1 Å². The molecular weight excluding hydrogens is 274 g/mol. The van der Waals surface area contributed by atoms with Crippen LogP contribution in [0.3, 0.4) is 0 Å². The Labute approximate surface area is 134 Å². The van der Waals surface area contributed by atoms with Gasteiger partial charge in [0.05, 0.1) is 19.8 Å². The lowest BCUT2D eigenvalue weighted by Gasteiger charge is -2.40. The van der Waals surface area contributed by atoms with Crippen LogP contribution in [0.5, 0.6) is 11.5 Å². The second-order valence-corrected chi connectivity index (χ2v) is 7.66. The molecule has 1 heterocycles. The van der Waals surface area contributed by atoms with Gasteiger partial charge in [-0.05, 0) is 44.4 Å². The smallest absolute Gasteiger partial charge is 0.161 e. The van der Waals surface area contributed by atoms with Gasteiger partial charge in [0, 0.05) is 17.9 Å². The Bertz CT molecular complexity index is 532. The topological polar surface area (TPSA) is 35.1 Å².